The summed E-state index contributed by atoms with van der Waals surface area (Å²) < 4.78 is 5.13. The monoisotopic (exact) mass is 254 g/mol. The Kier molecular flexibility index (Phi) is 3.35. The number of carbonyl (C=O) groups is 1. The second kappa shape index (κ2) is 4.63. The van der Waals surface area contributed by atoms with E-state index >= 15 is 0 Å². The zero-order valence-electron chi connectivity index (χ0n) is 9.92. The van der Waals surface area contributed by atoms with Crippen molar-refractivity contribution in [2.24, 2.45) is 5.41 Å². The van der Waals surface area contributed by atoms with Crippen molar-refractivity contribution in [1.82, 2.24) is 10.3 Å². The highest BCUT2D eigenvalue weighted by molar-refractivity contribution is 6.29. The molecule has 2 rings (SSSR count). The minimum Gasteiger partial charge on any atom is -0.380 e. The number of nitrogens with zero attached hydrogens (tertiary/aromatic N) is 1. The van der Waals surface area contributed by atoms with Crippen LogP contribution < -0.4 is 5.32 Å². The molecule has 0 aliphatic carbocycles. The topological polar surface area (TPSA) is 51.2 Å². The fourth-order valence-corrected chi connectivity index (χ4v) is 1.96. The van der Waals surface area contributed by atoms with E-state index in [1.54, 1.807) is 12.1 Å². The van der Waals surface area contributed by atoms with Crippen molar-refractivity contribution < 1.29 is 9.53 Å². The molecule has 0 spiro atoms. The number of aromatic nitrogens is 1. The van der Waals surface area contributed by atoms with Crippen molar-refractivity contribution >= 4 is 17.5 Å². The van der Waals surface area contributed by atoms with Gasteiger partial charge in [0.1, 0.15) is 5.15 Å². The maximum atomic E-state index is 11.9. The Morgan fingerprint density at radius 1 is 1.59 bits per heavy atom. The quantitative estimate of drug-likeness (QED) is 0.837. The molecule has 1 aromatic heterocycles. The standard InChI is InChI=1S/C12H15ClN2O2/c1-8-3-9(4-10(13)15-8)11(16)14-5-12(2)6-17-7-12/h3-4H,5-7H2,1-2H3,(H,14,16). The molecule has 0 saturated carbocycles. The highest BCUT2D eigenvalue weighted by Gasteiger charge is 2.33. The minimum atomic E-state index is -0.120. The van der Waals surface area contributed by atoms with Gasteiger partial charge in [0.25, 0.3) is 5.91 Å². The lowest BCUT2D eigenvalue weighted by Gasteiger charge is -2.38. The summed E-state index contributed by atoms with van der Waals surface area (Å²) in [6.45, 7) is 5.91. The number of carbonyl (C=O) groups excluding carboxylic acids is 1. The molecule has 1 aromatic rings. The van der Waals surface area contributed by atoms with Crippen LogP contribution in [0.15, 0.2) is 12.1 Å². The van der Waals surface area contributed by atoms with Gasteiger partial charge in [-0.1, -0.05) is 18.5 Å². The molecule has 1 fully saturated rings. The lowest BCUT2D eigenvalue weighted by atomic mass is 9.89. The van der Waals surface area contributed by atoms with E-state index in [1.165, 1.54) is 0 Å². The second-order valence-corrected chi connectivity index (χ2v) is 5.19. The minimum absolute atomic E-state index is 0.0710. The molecule has 0 unspecified atom stereocenters. The second-order valence-electron chi connectivity index (χ2n) is 4.81. The van der Waals surface area contributed by atoms with E-state index in [-0.39, 0.29) is 11.3 Å². The Hall–Kier alpha value is -1.13. The fourth-order valence-electron chi connectivity index (χ4n) is 1.71. The maximum absolute atomic E-state index is 11.9. The van der Waals surface area contributed by atoms with Crippen molar-refractivity contribution in [2.75, 3.05) is 19.8 Å². The van der Waals surface area contributed by atoms with Gasteiger partial charge >= 0.3 is 0 Å². The van der Waals surface area contributed by atoms with E-state index in [9.17, 15) is 4.79 Å². The molecular weight excluding hydrogens is 240 g/mol. The summed E-state index contributed by atoms with van der Waals surface area (Å²) in [5.41, 5.74) is 1.36. The molecule has 1 saturated heterocycles. The number of ether oxygens (including phenoxy) is 1. The summed E-state index contributed by atoms with van der Waals surface area (Å²) in [4.78, 5) is 15.9. The third-order valence-electron chi connectivity index (χ3n) is 2.76. The number of rotatable bonds is 3. The molecule has 0 atom stereocenters. The Labute approximate surface area is 105 Å². The normalized spacial score (nSPS) is 17.4. The lowest BCUT2D eigenvalue weighted by Crippen LogP contribution is -2.48. The Bertz CT molecular complexity index is 424. The first-order valence-electron chi connectivity index (χ1n) is 5.49. The number of halogens is 1. The van der Waals surface area contributed by atoms with Gasteiger partial charge in [0.05, 0.1) is 13.2 Å². The number of aryl methyl sites for hydroxylation is 1. The average molecular weight is 255 g/mol. The molecule has 1 aliphatic heterocycles. The first kappa shape index (κ1) is 12.3. The predicted molar refractivity (Wildman–Crippen MR) is 65.2 cm³/mol. The molecule has 0 aromatic carbocycles. The van der Waals surface area contributed by atoms with Crippen LogP contribution in [-0.4, -0.2) is 30.6 Å². The molecule has 1 N–H and O–H groups in total. The first-order valence-corrected chi connectivity index (χ1v) is 5.86. The van der Waals surface area contributed by atoms with Crippen LogP contribution in [-0.2, 0) is 4.74 Å². The molecule has 92 valence electrons. The van der Waals surface area contributed by atoms with Gasteiger partial charge < -0.3 is 10.1 Å². The molecule has 0 radical (unpaired) electrons. The molecular formula is C12H15ClN2O2. The summed E-state index contributed by atoms with van der Waals surface area (Å²) in [5.74, 6) is -0.120. The van der Waals surface area contributed by atoms with Crippen molar-refractivity contribution in [3.05, 3.63) is 28.5 Å². The van der Waals surface area contributed by atoms with Crippen LogP contribution in [0, 0.1) is 12.3 Å². The third-order valence-corrected chi connectivity index (χ3v) is 2.95. The van der Waals surface area contributed by atoms with Crippen molar-refractivity contribution in [1.29, 1.82) is 0 Å². The van der Waals surface area contributed by atoms with Gasteiger partial charge in [-0.25, -0.2) is 4.98 Å². The van der Waals surface area contributed by atoms with Crippen LogP contribution in [0.2, 0.25) is 5.15 Å². The predicted octanol–water partition coefficient (Wildman–Crippen LogP) is 1.81. The summed E-state index contributed by atoms with van der Waals surface area (Å²) in [5, 5.41) is 3.23. The van der Waals surface area contributed by atoms with Crippen LogP contribution in [0.1, 0.15) is 23.0 Å². The summed E-state index contributed by atoms with van der Waals surface area (Å²) in [7, 11) is 0. The molecule has 2 heterocycles. The molecule has 1 amide bonds. The van der Waals surface area contributed by atoms with Crippen LogP contribution in [0.25, 0.3) is 0 Å². The van der Waals surface area contributed by atoms with Crippen LogP contribution in [0.3, 0.4) is 0 Å². The van der Waals surface area contributed by atoms with E-state index in [4.69, 9.17) is 16.3 Å². The van der Waals surface area contributed by atoms with Gasteiger partial charge in [-0.15, -0.1) is 0 Å². The number of hydrogen-bond acceptors (Lipinski definition) is 3. The molecule has 4 nitrogen and oxygen atoms in total. The molecule has 1 aliphatic rings. The van der Waals surface area contributed by atoms with Crippen LogP contribution in [0.5, 0.6) is 0 Å². The average Bonchev–Trinajstić information content (AvgIpc) is 2.22. The molecule has 0 bridgehead atoms. The zero-order valence-corrected chi connectivity index (χ0v) is 10.7. The van der Waals surface area contributed by atoms with Crippen molar-refractivity contribution in [3.63, 3.8) is 0 Å². The Balaban J connectivity index is 1.99. The molecule has 17 heavy (non-hydrogen) atoms. The number of nitrogens with one attached hydrogen (secondary N) is 1. The highest BCUT2D eigenvalue weighted by Crippen LogP contribution is 2.25. The molecule has 5 heteroatoms. The number of amides is 1. The lowest BCUT2D eigenvalue weighted by molar-refractivity contribution is -0.0978. The number of pyridine rings is 1. The number of hydrogen-bond donors (Lipinski definition) is 1. The zero-order chi connectivity index (χ0) is 12.5. The van der Waals surface area contributed by atoms with E-state index in [2.05, 4.69) is 17.2 Å². The van der Waals surface area contributed by atoms with Crippen molar-refractivity contribution in [3.8, 4) is 0 Å². The van der Waals surface area contributed by atoms with Gasteiger partial charge in [0, 0.05) is 23.2 Å². The van der Waals surface area contributed by atoms with Crippen molar-refractivity contribution in [2.45, 2.75) is 13.8 Å². The Morgan fingerprint density at radius 3 is 2.82 bits per heavy atom. The van der Waals surface area contributed by atoms with E-state index in [0.29, 0.717) is 30.5 Å². The maximum Gasteiger partial charge on any atom is 0.251 e. The van der Waals surface area contributed by atoms with Gasteiger partial charge in [0.2, 0.25) is 0 Å². The SMILES string of the molecule is Cc1cc(C(=O)NCC2(C)COC2)cc(Cl)n1. The van der Waals surface area contributed by atoms with E-state index < -0.39 is 0 Å². The summed E-state index contributed by atoms with van der Waals surface area (Å²) in [6, 6.07) is 3.30. The highest BCUT2D eigenvalue weighted by atomic mass is 35.5. The smallest absolute Gasteiger partial charge is 0.251 e. The fraction of sp³-hybridized carbons (Fsp3) is 0.500. The Morgan fingerprint density at radius 2 is 2.29 bits per heavy atom. The van der Waals surface area contributed by atoms with E-state index in [1.807, 2.05) is 6.92 Å². The summed E-state index contributed by atoms with van der Waals surface area (Å²) in [6.07, 6.45) is 0. The van der Waals surface area contributed by atoms with E-state index in [0.717, 1.165) is 5.69 Å². The van der Waals surface area contributed by atoms with Gasteiger partial charge in [0.15, 0.2) is 0 Å². The van der Waals surface area contributed by atoms with Gasteiger partial charge in [-0.05, 0) is 19.1 Å². The van der Waals surface area contributed by atoms with Gasteiger partial charge in [-0.2, -0.15) is 0 Å². The first-order chi connectivity index (χ1) is 7.98. The van der Waals surface area contributed by atoms with Gasteiger partial charge in [-0.3, -0.25) is 4.79 Å². The summed E-state index contributed by atoms with van der Waals surface area (Å²) >= 11 is 5.81. The largest absolute Gasteiger partial charge is 0.380 e. The van der Waals surface area contributed by atoms with Crippen LogP contribution in [0.4, 0.5) is 0 Å². The van der Waals surface area contributed by atoms with Crippen LogP contribution >= 0.6 is 11.6 Å². The third kappa shape index (κ3) is 2.96.